The average molecular weight is 230 g/mol. The molecule has 0 fully saturated rings. The maximum Gasteiger partial charge on any atom is 0.192 e. The van der Waals surface area contributed by atoms with Crippen LogP contribution < -0.4 is 0 Å². The van der Waals surface area contributed by atoms with E-state index in [0.29, 0.717) is 16.8 Å². The molecule has 14 heavy (non-hydrogen) atoms. The summed E-state index contributed by atoms with van der Waals surface area (Å²) in [5, 5.41) is 0.625. The SMILES string of the molecule is Cc1nc2c(Cl)cc(CCCl)cc2o1. The van der Waals surface area contributed by atoms with Crippen LogP contribution in [0.3, 0.4) is 0 Å². The van der Waals surface area contributed by atoms with E-state index in [1.807, 2.05) is 12.1 Å². The van der Waals surface area contributed by atoms with E-state index in [1.165, 1.54) is 0 Å². The van der Waals surface area contributed by atoms with Gasteiger partial charge in [0.2, 0.25) is 0 Å². The fourth-order valence-electron chi connectivity index (χ4n) is 1.41. The van der Waals surface area contributed by atoms with Gasteiger partial charge in [0.15, 0.2) is 11.5 Å². The first kappa shape index (κ1) is 9.81. The van der Waals surface area contributed by atoms with E-state index in [0.717, 1.165) is 23.1 Å². The Balaban J connectivity index is 2.59. The first-order valence-electron chi connectivity index (χ1n) is 4.32. The molecule has 2 nitrogen and oxygen atoms in total. The molecule has 4 heteroatoms. The quantitative estimate of drug-likeness (QED) is 0.737. The van der Waals surface area contributed by atoms with E-state index in [2.05, 4.69) is 4.98 Å². The van der Waals surface area contributed by atoms with E-state index in [9.17, 15) is 0 Å². The Labute approximate surface area is 91.8 Å². The van der Waals surface area contributed by atoms with Crippen molar-refractivity contribution in [1.82, 2.24) is 4.98 Å². The smallest absolute Gasteiger partial charge is 0.192 e. The van der Waals surface area contributed by atoms with E-state index in [1.54, 1.807) is 6.92 Å². The Morgan fingerprint density at radius 2 is 2.21 bits per heavy atom. The Kier molecular flexibility index (Phi) is 2.66. The fraction of sp³-hybridized carbons (Fsp3) is 0.300. The van der Waals surface area contributed by atoms with Crippen LogP contribution in [0.2, 0.25) is 5.02 Å². The topological polar surface area (TPSA) is 26.0 Å². The Morgan fingerprint density at radius 1 is 1.43 bits per heavy atom. The summed E-state index contributed by atoms with van der Waals surface area (Å²) in [6.07, 6.45) is 0.789. The number of aryl methyl sites for hydroxylation is 2. The van der Waals surface area contributed by atoms with Crippen LogP contribution in [-0.4, -0.2) is 10.9 Å². The van der Waals surface area contributed by atoms with Gasteiger partial charge < -0.3 is 4.42 Å². The molecule has 0 saturated heterocycles. The summed E-state index contributed by atoms with van der Waals surface area (Å²) in [6.45, 7) is 1.80. The third kappa shape index (κ3) is 1.72. The second kappa shape index (κ2) is 3.79. The Bertz CT molecular complexity index is 464. The molecule has 1 aromatic heterocycles. The normalized spacial score (nSPS) is 11.1. The van der Waals surface area contributed by atoms with Gasteiger partial charge >= 0.3 is 0 Å². The number of hydrogen-bond donors (Lipinski definition) is 0. The van der Waals surface area contributed by atoms with Crippen molar-refractivity contribution >= 4 is 34.3 Å². The standard InChI is InChI=1S/C10H9Cl2NO/c1-6-13-10-8(12)4-7(2-3-11)5-9(10)14-6/h4-5H,2-3H2,1H3. The summed E-state index contributed by atoms with van der Waals surface area (Å²) >= 11 is 11.7. The van der Waals surface area contributed by atoms with Crippen LogP contribution >= 0.6 is 23.2 Å². The molecule has 0 bridgehead atoms. The van der Waals surface area contributed by atoms with Gasteiger partial charge in [-0.3, -0.25) is 0 Å². The third-order valence-corrected chi connectivity index (χ3v) is 2.48. The fourth-order valence-corrected chi connectivity index (χ4v) is 1.90. The molecular formula is C10H9Cl2NO. The van der Waals surface area contributed by atoms with Gasteiger partial charge in [0.1, 0.15) is 5.52 Å². The molecule has 0 N–H and O–H groups in total. The predicted molar refractivity (Wildman–Crippen MR) is 58.2 cm³/mol. The number of halogens is 2. The summed E-state index contributed by atoms with van der Waals surface area (Å²) in [7, 11) is 0. The molecule has 2 aromatic rings. The number of alkyl halides is 1. The molecule has 1 heterocycles. The summed E-state index contributed by atoms with van der Waals surface area (Å²) < 4.78 is 5.40. The van der Waals surface area contributed by atoms with E-state index >= 15 is 0 Å². The minimum absolute atomic E-state index is 0.578. The summed E-state index contributed by atoms with van der Waals surface area (Å²) in [6, 6.07) is 3.82. The van der Waals surface area contributed by atoms with Gasteiger partial charge in [-0.25, -0.2) is 4.98 Å². The monoisotopic (exact) mass is 229 g/mol. The molecule has 0 aliphatic rings. The molecule has 2 rings (SSSR count). The van der Waals surface area contributed by atoms with Crippen molar-refractivity contribution in [3.63, 3.8) is 0 Å². The van der Waals surface area contributed by atoms with Crippen LogP contribution in [0.25, 0.3) is 11.1 Å². The van der Waals surface area contributed by atoms with Crippen molar-refractivity contribution in [3.05, 3.63) is 28.6 Å². The van der Waals surface area contributed by atoms with Crippen molar-refractivity contribution in [2.75, 3.05) is 5.88 Å². The second-order valence-electron chi connectivity index (χ2n) is 3.10. The highest BCUT2D eigenvalue weighted by molar-refractivity contribution is 6.34. The zero-order valence-electron chi connectivity index (χ0n) is 7.68. The lowest BCUT2D eigenvalue weighted by atomic mass is 10.1. The summed E-state index contributed by atoms with van der Waals surface area (Å²) in [4.78, 5) is 4.18. The summed E-state index contributed by atoms with van der Waals surface area (Å²) in [5.41, 5.74) is 2.53. The maximum atomic E-state index is 6.05. The van der Waals surface area contributed by atoms with Gasteiger partial charge in [-0.15, -0.1) is 11.6 Å². The number of rotatable bonds is 2. The van der Waals surface area contributed by atoms with Gasteiger partial charge in [-0.2, -0.15) is 0 Å². The molecule has 0 unspecified atom stereocenters. The second-order valence-corrected chi connectivity index (χ2v) is 3.88. The zero-order valence-corrected chi connectivity index (χ0v) is 9.19. The van der Waals surface area contributed by atoms with Crippen LogP contribution in [0.15, 0.2) is 16.5 Å². The lowest BCUT2D eigenvalue weighted by Gasteiger charge is -1.98. The summed E-state index contributed by atoms with van der Waals surface area (Å²) in [5.74, 6) is 1.21. The van der Waals surface area contributed by atoms with Crippen LogP contribution in [0.4, 0.5) is 0 Å². The maximum absolute atomic E-state index is 6.05. The van der Waals surface area contributed by atoms with Gasteiger partial charge in [-0.05, 0) is 24.1 Å². The van der Waals surface area contributed by atoms with Gasteiger partial charge in [-0.1, -0.05) is 11.6 Å². The van der Waals surface area contributed by atoms with Crippen molar-refractivity contribution < 1.29 is 4.42 Å². The van der Waals surface area contributed by atoms with Crippen LogP contribution in [0.5, 0.6) is 0 Å². The number of aromatic nitrogens is 1. The van der Waals surface area contributed by atoms with E-state index < -0.39 is 0 Å². The first-order valence-corrected chi connectivity index (χ1v) is 5.23. The van der Waals surface area contributed by atoms with Crippen molar-refractivity contribution in [3.8, 4) is 0 Å². The molecule has 0 saturated carbocycles. The number of benzene rings is 1. The van der Waals surface area contributed by atoms with Gasteiger partial charge in [0.05, 0.1) is 5.02 Å². The van der Waals surface area contributed by atoms with Gasteiger partial charge in [0, 0.05) is 12.8 Å². The molecule has 74 valence electrons. The van der Waals surface area contributed by atoms with E-state index in [4.69, 9.17) is 27.6 Å². The number of hydrogen-bond acceptors (Lipinski definition) is 2. The third-order valence-electron chi connectivity index (χ3n) is 2.00. The Morgan fingerprint density at radius 3 is 2.93 bits per heavy atom. The molecule has 0 amide bonds. The highest BCUT2D eigenvalue weighted by Gasteiger charge is 2.08. The number of fused-ring (bicyclic) bond motifs is 1. The van der Waals surface area contributed by atoms with Crippen molar-refractivity contribution in [2.24, 2.45) is 0 Å². The molecular weight excluding hydrogens is 221 g/mol. The van der Waals surface area contributed by atoms with Crippen LogP contribution in [0, 0.1) is 6.92 Å². The minimum atomic E-state index is 0.578. The van der Waals surface area contributed by atoms with Crippen molar-refractivity contribution in [2.45, 2.75) is 13.3 Å². The number of oxazole rings is 1. The molecule has 1 aromatic carbocycles. The first-order chi connectivity index (χ1) is 6.70. The molecule has 0 spiro atoms. The highest BCUT2D eigenvalue weighted by atomic mass is 35.5. The number of nitrogens with zero attached hydrogens (tertiary/aromatic N) is 1. The van der Waals surface area contributed by atoms with Gasteiger partial charge in [0.25, 0.3) is 0 Å². The van der Waals surface area contributed by atoms with Crippen LogP contribution in [-0.2, 0) is 6.42 Å². The minimum Gasteiger partial charge on any atom is -0.441 e. The lowest BCUT2D eigenvalue weighted by Crippen LogP contribution is -1.85. The zero-order chi connectivity index (χ0) is 10.1. The Hall–Kier alpha value is -0.730. The highest BCUT2D eigenvalue weighted by Crippen LogP contribution is 2.25. The molecule has 0 atom stereocenters. The molecule has 0 radical (unpaired) electrons. The molecule has 0 aliphatic heterocycles. The van der Waals surface area contributed by atoms with E-state index in [-0.39, 0.29) is 0 Å². The lowest BCUT2D eigenvalue weighted by molar-refractivity contribution is 0.561. The molecule has 0 aliphatic carbocycles. The largest absolute Gasteiger partial charge is 0.441 e. The average Bonchev–Trinajstić information content (AvgIpc) is 2.47. The predicted octanol–water partition coefficient (Wildman–Crippen LogP) is 3.57. The van der Waals surface area contributed by atoms with Crippen LogP contribution in [0.1, 0.15) is 11.5 Å². The van der Waals surface area contributed by atoms with Crippen molar-refractivity contribution in [1.29, 1.82) is 0 Å².